The van der Waals surface area contributed by atoms with E-state index >= 15 is 0 Å². The summed E-state index contributed by atoms with van der Waals surface area (Å²) >= 11 is 6.29. The van der Waals surface area contributed by atoms with Crippen LogP contribution in [0.25, 0.3) is 11.6 Å². The van der Waals surface area contributed by atoms with Crippen molar-refractivity contribution < 1.29 is 27.6 Å². The van der Waals surface area contributed by atoms with Crippen LogP contribution in [-0.2, 0) is 17.6 Å². The molecule has 3 aromatic carbocycles. The molecule has 0 unspecified atom stereocenters. The molecule has 1 aliphatic heterocycles. The van der Waals surface area contributed by atoms with Gasteiger partial charge in [-0.15, -0.1) is 0 Å². The summed E-state index contributed by atoms with van der Waals surface area (Å²) in [6, 6.07) is 13.8. The summed E-state index contributed by atoms with van der Waals surface area (Å²) in [5.41, 5.74) is 1.06. The maximum absolute atomic E-state index is 12.9. The van der Waals surface area contributed by atoms with Gasteiger partial charge < -0.3 is 10.1 Å². The second-order valence-electron chi connectivity index (χ2n) is 7.17. The lowest BCUT2D eigenvalue weighted by molar-refractivity contribution is -0.384. The van der Waals surface area contributed by atoms with E-state index in [0.29, 0.717) is 22.4 Å². The van der Waals surface area contributed by atoms with Gasteiger partial charge in [-0.05, 0) is 53.6 Å². The van der Waals surface area contributed by atoms with Crippen LogP contribution in [0.4, 0.5) is 24.5 Å². The molecule has 0 aliphatic carbocycles. The Hall–Kier alpha value is -3.85. The lowest BCUT2D eigenvalue weighted by Gasteiger charge is -2.09. The number of hydrogen-bond donors (Lipinski definition) is 1. The van der Waals surface area contributed by atoms with Crippen molar-refractivity contribution >= 4 is 40.5 Å². The summed E-state index contributed by atoms with van der Waals surface area (Å²) in [5.74, 6) is -0.151. The molecule has 168 valence electrons. The average molecular weight is 475 g/mol. The van der Waals surface area contributed by atoms with Gasteiger partial charge in [0, 0.05) is 29.0 Å². The van der Waals surface area contributed by atoms with Crippen LogP contribution >= 0.6 is 11.6 Å². The largest absolute Gasteiger partial charge is 0.487 e. The van der Waals surface area contributed by atoms with Gasteiger partial charge in [0.05, 0.1) is 15.5 Å². The van der Waals surface area contributed by atoms with Gasteiger partial charge in [0.2, 0.25) is 0 Å². The second-order valence-corrected chi connectivity index (χ2v) is 7.58. The van der Waals surface area contributed by atoms with E-state index in [1.165, 1.54) is 24.3 Å². The van der Waals surface area contributed by atoms with Crippen molar-refractivity contribution in [2.75, 3.05) is 5.32 Å². The van der Waals surface area contributed by atoms with Crippen LogP contribution in [-0.4, -0.2) is 10.8 Å². The highest BCUT2D eigenvalue weighted by Crippen LogP contribution is 2.38. The van der Waals surface area contributed by atoms with Crippen molar-refractivity contribution in [1.82, 2.24) is 0 Å². The molecule has 1 N–H and O–H groups in total. The van der Waals surface area contributed by atoms with Gasteiger partial charge in [0.1, 0.15) is 12.4 Å². The molecular weight excluding hydrogens is 461 g/mol. The fourth-order valence-electron chi connectivity index (χ4n) is 3.28. The number of carbonyl (C=O) groups is 1. The highest BCUT2D eigenvalue weighted by atomic mass is 35.5. The zero-order valence-corrected chi connectivity index (χ0v) is 17.4. The second kappa shape index (κ2) is 8.59. The van der Waals surface area contributed by atoms with Gasteiger partial charge in [-0.2, -0.15) is 13.2 Å². The molecule has 33 heavy (non-hydrogen) atoms. The Kier molecular flexibility index (Phi) is 5.82. The first kappa shape index (κ1) is 22.3. The van der Waals surface area contributed by atoms with Gasteiger partial charge in [0.15, 0.2) is 0 Å². The molecule has 0 bridgehead atoms. The maximum Gasteiger partial charge on any atom is 0.416 e. The number of nitro benzene ring substituents is 1. The number of hydrogen-bond acceptors (Lipinski definition) is 4. The lowest BCUT2D eigenvalue weighted by atomic mass is 10.0. The van der Waals surface area contributed by atoms with E-state index in [1.54, 1.807) is 30.3 Å². The summed E-state index contributed by atoms with van der Waals surface area (Å²) in [4.78, 5) is 22.5. The summed E-state index contributed by atoms with van der Waals surface area (Å²) < 4.78 is 44.4. The molecule has 1 amide bonds. The zero-order valence-electron chi connectivity index (χ0n) is 16.7. The van der Waals surface area contributed by atoms with Crippen molar-refractivity contribution in [2.45, 2.75) is 12.8 Å². The van der Waals surface area contributed by atoms with Crippen LogP contribution in [0.1, 0.15) is 22.3 Å². The van der Waals surface area contributed by atoms with Crippen molar-refractivity contribution in [1.29, 1.82) is 0 Å². The summed E-state index contributed by atoms with van der Waals surface area (Å²) in [5, 5.41) is 13.4. The quantitative estimate of drug-likeness (QED) is 0.266. The monoisotopic (exact) mass is 474 g/mol. The highest BCUT2D eigenvalue weighted by Gasteiger charge is 2.33. The van der Waals surface area contributed by atoms with Gasteiger partial charge in [-0.25, -0.2) is 0 Å². The SMILES string of the molecule is O=C1Nc2cc(C(F)(F)F)ccc2/C1=C/c1ccc(OCc2ccc([N+](=O)[O-])cc2)c(Cl)c1. The molecule has 6 nitrogen and oxygen atoms in total. The summed E-state index contributed by atoms with van der Waals surface area (Å²) in [6.45, 7) is 0.134. The van der Waals surface area contributed by atoms with Crippen LogP contribution in [0.3, 0.4) is 0 Å². The number of rotatable bonds is 5. The molecule has 0 aromatic heterocycles. The Morgan fingerprint density at radius 2 is 1.79 bits per heavy atom. The minimum atomic E-state index is -4.51. The number of benzene rings is 3. The Bertz CT molecular complexity index is 1290. The van der Waals surface area contributed by atoms with Crippen LogP contribution < -0.4 is 10.1 Å². The zero-order chi connectivity index (χ0) is 23.8. The van der Waals surface area contributed by atoms with E-state index in [9.17, 15) is 28.1 Å². The first-order valence-electron chi connectivity index (χ1n) is 9.52. The molecule has 1 aliphatic rings. The normalized spacial score (nSPS) is 14.2. The van der Waals surface area contributed by atoms with E-state index in [2.05, 4.69) is 5.32 Å². The lowest BCUT2D eigenvalue weighted by Crippen LogP contribution is -2.06. The topological polar surface area (TPSA) is 81.5 Å². The molecule has 10 heteroatoms. The highest BCUT2D eigenvalue weighted by molar-refractivity contribution is 6.35. The molecule has 0 saturated carbocycles. The Labute approximate surface area is 190 Å². The molecular formula is C23H14ClF3N2O4. The first-order chi connectivity index (χ1) is 15.6. The third-order valence-corrected chi connectivity index (χ3v) is 5.23. The van der Waals surface area contributed by atoms with E-state index in [0.717, 1.165) is 12.1 Å². The molecule has 1 heterocycles. The van der Waals surface area contributed by atoms with E-state index < -0.39 is 22.6 Å². The fourth-order valence-corrected chi connectivity index (χ4v) is 3.52. The number of nitrogens with zero attached hydrogens (tertiary/aromatic N) is 1. The number of alkyl halides is 3. The first-order valence-corrected chi connectivity index (χ1v) is 9.90. The van der Waals surface area contributed by atoms with E-state index in [4.69, 9.17) is 16.3 Å². The van der Waals surface area contributed by atoms with Gasteiger partial charge >= 0.3 is 6.18 Å². The van der Waals surface area contributed by atoms with Crippen molar-refractivity contribution in [2.24, 2.45) is 0 Å². The van der Waals surface area contributed by atoms with Crippen LogP contribution in [0.15, 0.2) is 60.7 Å². The van der Waals surface area contributed by atoms with Gasteiger partial charge in [-0.1, -0.05) is 23.7 Å². The molecule has 0 fully saturated rings. The smallest absolute Gasteiger partial charge is 0.416 e. The number of amides is 1. The van der Waals surface area contributed by atoms with E-state index in [1.807, 2.05) is 0 Å². The fraction of sp³-hybridized carbons (Fsp3) is 0.0870. The summed E-state index contributed by atoms with van der Waals surface area (Å²) in [7, 11) is 0. The molecule has 0 spiro atoms. The van der Waals surface area contributed by atoms with Crippen LogP contribution in [0, 0.1) is 10.1 Å². The average Bonchev–Trinajstić information content (AvgIpc) is 3.07. The minimum Gasteiger partial charge on any atom is -0.487 e. The van der Waals surface area contributed by atoms with Crippen LogP contribution in [0.2, 0.25) is 5.02 Å². The molecule has 3 aromatic rings. The third kappa shape index (κ3) is 4.83. The number of halogens is 4. The molecule has 0 saturated heterocycles. The molecule has 4 rings (SSSR count). The Balaban J connectivity index is 1.51. The number of fused-ring (bicyclic) bond motifs is 1. The van der Waals surface area contributed by atoms with Crippen molar-refractivity contribution in [3.63, 3.8) is 0 Å². The number of anilines is 1. The Morgan fingerprint density at radius 3 is 2.42 bits per heavy atom. The molecule has 0 atom stereocenters. The number of nitro groups is 1. The standard InChI is InChI=1S/C23H14ClF3N2O4/c24-19-10-14(3-8-21(19)33-12-13-1-5-16(6-2-13)29(31)32)9-18-17-7-4-15(23(25,26)27)11-20(17)28-22(18)30/h1-11H,12H2,(H,28,30)/b18-9-. The predicted molar refractivity (Wildman–Crippen MR) is 117 cm³/mol. The van der Waals surface area contributed by atoms with E-state index in [-0.39, 0.29) is 28.6 Å². The third-order valence-electron chi connectivity index (χ3n) is 4.94. The number of non-ortho nitro benzene ring substituents is 1. The van der Waals surface area contributed by atoms with Crippen molar-refractivity contribution in [3.05, 3.63) is 98.1 Å². The Morgan fingerprint density at radius 1 is 1.06 bits per heavy atom. The maximum atomic E-state index is 12.9. The van der Waals surface area contributed by atoms with Gasteiger partial charge in [0.25, 0.3) is 11.6 Å². The number of carbonyl (C=O) groups excluding carboxylic acids is 1. The van der Waals surface area contributed by atoms with Crippen molar-refractivity contribution in [3.8, 4) is 5.75 Å². The van der Waals surface area contributed by atoms with Crippen LogP contribution in [0.5, 0.6) is 5.75 Å². The minimum absolute atomic E-state index is 0.0266. The van der Waals surface area contributed by atoms with Gasteiger partial charge in [-0.3, -0.25) is 14.9 Å². The predicted octanol–water partition coefficient (Wildman–Crippen LogP) is 6.34. The summed E-state index contributed by atoms with van der Waals surface area (Å²) in [6.07, 6.45) is -2.98. The number of nitrogens with one attached hydrogen (secondary N) is 1. The number of ether oxygens (including phenoxy) is 1. The molecule has 0 radical (unpaired) electrons.